The Balaban J connectivity index is 2.01. The molecule has 0 aliphatic carbocycles. The standard InChI is InChI=1S/C14H14N4/c1-9-6-10(2)17-13(9)8-15-12-5-3-4-11-7-16-18-14(11)12/h3-8,17H,1-2H3,(H,16,18). The van der Waals surface area contributed by atoms with E-state index in [1.807, 2.05) is 31.3 Å². The van der Waals surface area contributed by atoms with Crippen LogP contribution in [0.2, 0.25) is 0 Å². The summed E-state index contributed by atoms with van der Waals surface area (Å²) in [5.74, 6) is 0. The van der Waals surface area contributed by atoms with E-state index in [4.69, 9.17) is 0 Å². The fourth-order valence-electron chi connectivity index (χ4n) is 2.08. The maximum atomic E-state index is 4.52. The first kappa shape index (κ1) is 10.8. The Hall–Kier alpha value is -2.36. The molecule has 90 valence electrons. The summed E-state index contributed by atoms with van der Waals surface area (Å²) in [6.45, 7) is 4.11. The molecule has 0 fully saturated rings. The van der Waals surface area contributed by atoms with E-state index >= 15 is 0 Å². The van der Waals surface area contributed by atoms with Crippen LogP contribution in [0.3, 0.4) is 0 Å². The Labute approximate surface area is 105 Å². The number of aryl methyl sites for hydroxylation is 2. The van der Waals surface area contributed by atoms with Gasteiger partial charge in [0, 0.05) is 11.1 Å². The molecular formula is C14H14N4. The Bertz CT molecular complexity index is 718. The summed E-state index contributed by atoms with van der Waals surface area (Å²) in [6.07, 6.45) is 3.66. The highest BCUT2D eigenvalue weighted by molar-refractivity contribution is 5.92. The number of nitrogens with one attached hydrogen (secondary N) is 2. The number of aromatic nitrogens is 3. The van der Waals surface area contributed by atoms with Gasteiger partial charge in [0.25, 0.3) is 0 Å². The molecule has 3 aromatic rings. The lowest BCUT2D eigenvalue weighted by atomic mass is 10.2. The molecule has 0 aliphatic heterocycles. The molecule has 2 aromatic heterocycles. The monoisotopic (exact) mass is 238 g/mol. The lowest BCUT2D eigenvalue weighted by Gasteiger charge is -1.95. The van der Waals surface area contributed by atoms with Crippen LogP contribution in [0.5, 0.6) is 0 Å². The molecule has 0 radical (unpaired) electrons. The number of H-pyrrole nitrogens is 2. The number of para-hydroxylation sites is 1. The molecule has 0 spiro atoms. The van der Waals surface area contributed by atoms with Crippen LogP contribution in [0.4, 0.5) is 5.69 Å². The Kier molecular flexibility index (Phi) is 2.48. The Morgan fingerprint density at radius 1 is 1.28 bits per heavy atom. The molecule has 0 unspecified atom stereocenters. The summed E-state index contributed by atoms with van der Waals surface area (Å²) >= 11 is 0. The van der Waals surface area contributed by atoms with E-state index in [2.05, 4.69) is 33.2 Å². The fraction of sp³-hybridized carbons (Fsp3) is 0.143. The van der Waals surface area contributed by atoms with Crippen molar-refractivity contribution in [2.24, 2.45) is 4.99 Å². The second-order valence-electron chi connectivity index (χ2n) is 4.42. The van der Waals surface area contributed by atoms with Crippen LogP contribution in [-0.4, -0.2) is 21.4 Å². The Morgan fingerprint density at radius 3 is 2.94 bits per heavy atom. The van der Waals surface area contributed by atoms with E-state index in [0.29, 0.717) is 0 Å². The zero-order valence-electron chi connectivity index (χ0n) is 10.4. The van der Waals surface area contributed by atoms with Gasteiger partial charge in [-0.15, -0.1) is 0 Å². The SMILES string of the molecule is Cc1cc(C)c(C=Nc2cccc3cn[nH]c23)[nH]1. The molecule has 0 saturated heterocycles. The van der Waals surface area contributed by atoms with Crippen LogP contribution in [-0.2, 0) is 0 Å². The highest BCUT2D eigenvalue weighted by Crippen LogP contribution is 2.23. The van der Waals surface area contributed by atoms with Crippen LogP contribution in [0, 0.1) is 13.8 Å². The van der Waals surface area contributed by atoms with Gasteiger partial charge >= 0.3 is 0 Å². The summed E-state index contributed by atoms with van der Waals surface area (Å²) in [4.78, 5) is 7.80. The second-order valence-corrected chi connectivity index (χ2v) is 4.42. The van der Waals surface area contributed by atoms with Crippen LogP contribution in [0.15, 0.2) is 35.5 Å². The molecule has 1 aromatic carbocycles. The largest absolute Gasteiger partial charge is 0.358 e. The average Bonchev–Trinajstić information content (AvgIpc) is 2.93. The highest BCUT2D eigenvalue weighted by Gasteiger charge is 2.02. The van der Waals surface area contributed by atoms with Crippen LogP contribution in [0.25, 0.3) is 10.9 Å². The van der Waals surface area contributed by atoms with E-state index in [-0.39, 0.29) is 0 Å². The highest BCUT2D eigenvalue weighted by atomic mass is 15.1. The lowest BCUT2D eigenvalue weighted by molar-refractivity contribution is 1.12. The van der Waals surface area contributed by atoms with Gasteiger partial charge in [0.1, 0.15) is 0 Å². The first-order chi connectivity index (χ1) is 8.74. The van der Waals surface area contributed by atoms with Gasteiger partial charge in [0.05, 0.1) is 29.3 Å². The van der Waals surface area contributed by atoms with Gasteiger partial charge in [-0.25, -0.2) is 0 Å². The summed E-state index contributed by atoms with van der Waals surface area (Å²) in [5.41, 5.74) is 5.26. The van der Waals surface area contributed by atoms with Gasteiger partial charge in [-0.2, -0.15) is 5.10 Å². The first-order valence-electron chi connectivity index (χ1n) is 5.86. The van der Waals surface area contributed by atoms with Crippen molar-refractivity contribution in [3.63, 3.8) is 0 Å². The van der Waals surface area contributed by atoms with Crippen LogP contribution >= 0.6 is 0 Å². The number of fused-ring (bicyclic) bond motifs is 1. The predicted octanol–water partition coefficient (Wildman–Crippen LogP) is 3.26. The van der Waals surface area contributed by atoms with Gasteiger partial charge < -0.3 is 4.98 Å². The summed E-state index contributed by atoms with van der Waals surface area (Å²) in [5, 5.41) is 8.08. The van der Waals surface area contributed by atoms with Crippen molar-refractivity contribution < 1.29 is 0 Å². The summed E-state index contributed by atoms with van der Waals surface area (Å²) < 4.78 is 0. The van der Waals surface area contributed by atoms with Crippen LogP contribution in [0.1, 0.15) is 17.0 Å². The normalized spacial score (nSPS) is 11.7. The second kappa shape index (κ2) is 4.14. The smallest absolute Gasteiger partial charge is 0.0906 e. The van der Waals surface area contributed by atoms with E-state index < -0.39 is 0 Å². The maximum Gasteiger partial charge on any atom is 0.0906 e. The van der Waals surface area contributed by atoms with E-state index in [0.717, 1.165) is 28.0 Å². The minimum absolute atomic E-state index is 0.900. The quantitative estimate of drug-likeness (QED) is 0.661. The number of aliphatic imine (C=N–C) groups is 1. The summed E-state index contributed by atoms with van der Waals surface area (Å²) in [7, 11) is 0. The summed E-state index contributed by atoms with van der Waals surface area (Å²) in [6, 6.07) is 8.08. The van der Waals surface area contributed by atoms with Crippen molar-refractivity contribution in [1.29, 1.82) is 0 Å². The molecule has 2 heterocycles. The Morgan fingerprint density at radius 2 is 2.17 bits per heavy atom. The molecule has 4 heteroatoms. The fourth-order valence-corrected chi connectivity index (χ4v) is 2.08. The number of benzene rings is 1. The number of nitrogens with zero attached hydrogens (tertiary/aromatic N) is 2. The molecule has 4 nitrogen and oxygen atoms in total. The van der Waals surface area contributed by atoms with E-state index in [1.165, 1.54) is 5.56 Å². The van der Waals surface area contributed by atoms with Gasteiger partial charge in [0.15, 0.2) is 0 Å². The number of aromatic amines is 2. The molecule has 0 bridgehead atoms. The topological polar surface area (TPSA) is 56.8 Å². The van der Waals surface area contributed by atoms with Crippen molar-refractivity contribution in [2.75, 3.05) is 0 Å². The molecule has 0 saturated carbocycles. The maximum absolute atomic E-state index is 4.52. The number of hydrogen-bond donors (Lipinski definition) is 2. The van der Waals surface area contributed by atoms with Crippen LogP contribution < -0.4 is 0 Å². The van der Waals surface area contributed by atoms with Gasteiger partial charge in [-0.3, -0.25) is 10.1 Å². The van der Waals surface area contributed by atoms with Gasteiger partial charge in [-0.1, -0.05) is 12.1 Å². The number of hydrogen-bond acceptors (Lipinski definition) is 2. The van der Waals surface area contributed by atoms with Crippen molar-refractivity contribution in [1.82, 2.24) is 15.2 Å². The van der Waals surface area contributed by atoms with Gasteiger partial charge in [0.2, 0.25) is 0 Å². The third-order valence-electron chi connectivity index (χ3n) is 2.98. The third kappa shape index (κ3) is 1.82. The molecule has 3 rings (SSSR count). The van der Waals surface area contributed by atoms with Crippen molar-refractivity contribution in [3.05, 3.63) is 47.4 Å². The minimum Gasteiger partial charge on any atom is -0.358 e. The molecule has 0 aliphatic rings. The first-order valence-corrected chi connectivity index (χ1v) is 5.86. The molecular weight excluding hydrogens is 224 g/mol. The lowest BCUT2D eigenvalue weighted by Crippen LogP contribution is -1.84. The van der Waals surface area contributed by atoms with Gasteiger partial charge in [-0.05, 0) is 31.5 Å². The molecule has 2 N–H and O–H groups in total. The average molecular weight is 238 g/mol. The molecule has 0 atom stereocenters. The van der Waals surface area contributed by atoms with Crippen molar-refractivity contribution >= 4 is 22.8 Å². The zero-order chi connectivity index (χ0) is 12.5. The predicted molar refractivity (Wildman–Crippen MR) is 73.6 cm³/mol. The third-order valence-corrected chi connectivity index (χ3v) is 2.98. The van der Waals surface area contributed by atoms with E-state index in [9.17, 15) is 0 Å². The molecule has 0 amide bonds. The molecule has 18 heavy (non-hydrogen) atoms. The zero-order valence-corrected chi connectivity index (χ0v) is 10.4. The minimum atomic E-state index is 0.900. The van der Waals surface area contributed by atoms with Crippen molar-refractivity contribution in [2.45, 2.75) is 13.8 Å². The number of rotatable bonds is 2. The van der Waals surface area contributed by atoms with Crippen molar-refractivity contribution in [3.8, 4) is 0 Å². The van der Waals surface area contributed by atoms with E-state index in [1.54, 1.807) is 6.20 Å².